The van der Waals surface area contributed by atoms with Crippen LogP contribution < -0.4 is 0 Å². The fraction of sp³-hybridized carbons (Fsp3) is 0.857. The van der Waals surface area contributed by atoms with Crippen LogP contribution in [0, 0.1) is 11.1 Å². The van der Waals surface area contributed by atoms with Crippen molar-refractivity contribution in [3.63, 3.8) is 0 Å². The second-order valence-electron chi connectivity index (χ2n) is 5.95. The molecular formula is C14H30N4P2. The van der Waals surface area contributed by atoms with E-state index in [0.717, 1.165) is 0 Å². The van der Waals surface area contributed by atoms with Gasteiger partial charge in [0.1, 0.15) is 13.9 Å². The fourth-order valence-electron chi connectivity index (χ4n) is 2.21. The van der Waals surface area contributed by atoms with Crippen molar-refractivity contribution in [2.24, 2.45) is 4.76 Å². The highest BCUT2D eigenvalue weighted by atomic mass is 31.1. The van der Waals surface area contributed by atoms with E-state index in [9.17, 15) is 5.26 Å². The van der Waals surface area contributed by atoms with Crippen molar-refractivity contribution in [2.75, 3.05) is 0 Å². The lowest BCUT2D eigenvalue weighted by Gasteiger charge is -2.32. The molecule has 0 radical (unpaired) electrons. The molecule has 0 saturated carbocycles. The summed E-state index contributed by atoms with van der Waals surface area (Å²) in [4.78, 5) is 0. The predicted molar refractivity (Wildman–Crippen MR) is 93.6 cm³/mol. The highest BCUT2D eigenvalue weighted by Gasteiger charge is 2.22. The van der Waals surface area contributed by atoms with E-state index in [4.69, 9.17) is 0 Å². The average molecular weight is 316 g/mol. The van der Waals surface area contributed by atoms with E-state index in [-0.39, 0.29) is 0 Å². The Kier molecular flexibility index (Phi) is 9.77. The van der Waals surface area contributed by atoms with Crippen LogP contribution in [-0.2, 0) is 0 Å². The summed E-state index contributed by atoms with van der Waals surface area (Å²) < 4.78 is 9.16. The average Bonchev–Trinajstić information content (AvgIpc) is 2.30. The lowest BCUT2D eigenvalue weighted by atomic mass is 10.3. The molecule has 0 amide bonds. The van der Waals surface area contributed by atoms with Crippen LogP contribution in [0.2, 0.25) is 0 Å². The van der Waals surface area contributed by atoms with Crippen molar-refractivity contribution in [1.29, 1.82) is 5.26 Å². The molecule has 20 heavy (non-hydrogen) atoms. The zero-order chi connectivity index (χ0) is 15.9. The maximum absolute atomic E-state index is 9.41. The maximum atomic E-state index is 9.41. The van der Waals surface area contributed by atoms with Gasteiger partial charge in [-0.2, -0.15) is 5.26 Å². The quantitative estimate of drug-likeness (QED) is 0.484. The Hall–Kier alpha value is -0.0600. The van der Waals surface area contributed by atoms with Crippen LogP contribution in [0.15, 0.2) is 4.76 Å². The standard InChI is InChI=1S/C14H30N4P2/c1-11(2)17(12(3)4)19-16-10-20(9-15)18(13(5)6)14(7)8/h10-14,19H,1-8H3/b16-10+. The van der Waals surface area contributed by atoms with Crippen molar-refractivity contribution < 1.29 is 0 Å². The first-order chi connectivity index (χ1) is 9.22. The first-order valence-corrected chi connectivity index (χ1v) is 9.52. The van der Waals surface area contributed by atoms with E-state index < -0.39 is 8.07 Å². The first-order valence-electron chi connectivity index (χ1n) is 7.26. The Labute approximate surface area is 128 Å². The summed E-state index contributed by atoms with van der Waals surface area (Å²) in [5.41, 5.74) is 0. The van der Waals surface area contributed by atoms with Crippen LogP contribution >= 0.6 is 17.0 Å². The number of rotatable bonds is 8. The van der Waals surface area contributed by atoms with Gasteiger partial charge in [0.25, 0.3) is 0 Å². The molecule has 0 heterocycles. The van der Waals surface area contributed by atoms with Crippen molar-refractivity contribution in [3.8, 4) is 5.81 Å². The molecule has 0 aliphatic carbocycles. The molecule has 0 aromatic rings. The molecule has 2 unspecified atom stereocenters. The van der Waals surface area contributed by atoms with Gasteiger partial charge in [0.15, 0.2) is 0 Å². The molecule has 0 bridgehead atoms. The first kappa shape index (κ1) is 19.9. The van der Waals surface area contributed by atoms with Gasteiger partial charge in [0.2, 0.25) is 0 Å². The Balaban J connectivity index is 4.79. The van der Waals surface area contributed by atoms with Gasteiger partial charge in [-0.05, 0) is 55.4 Å². The lowest BCUT2D eigenvalue weighted by molar-refractivity contribution is 0.327. The van der Waals surface area contributed by atoms with Crippen LogP contribution in [0.5, 0.6) is 0 Å². The van der Waals surface area contributed by atoms with Gasteiger partial charge in [0.05, 0.1) is 14.8 Å². The SMILES string of the molecule is CC(C)N(P/N=C/P(C#N)N(C(C)C)C(C)C)C(C)C. The zero-order valence-corrected chi connectivity index (χ0v) is 16.0. The monoisotopic (exact) mass is 316 g/mol. The molecule has 0 rings (SSSR count). The van der Waals surface area contributed by atoms with Gasteiger partial charge in [0, 0.05) is 24.2 Å². The van der Waals surface area contributed by atoms with E-state index in [0.29, 0.717) is 33.0 Å². The minimum Gasteiger partial charge on any atom is -0.261 e. The Morgan fingerprint density at radius 2 is 1.40 bits per heavy atom. The van der Waals surface area contributed by atoms with Crippen molar-refractivity contribution in [1.82, 2.24) is 9.34 Å². The van der Waals surface area contributed by atoms with Crippen LogP contribution in [0.3, 0.4) is 0 Å². The number of hydrogen-bond donors (Lipinski definition) is 0. The highest BCUT2D eigenvalue weighted by Crippen LogP contribution is 2.41. The van der Waals surface area contributed by atoms with E-state index in [1.807, 2.05) is 5.96 Å². The Morgan fingerprint density at radius 3 is 1.70 bits per heavy atom. The normalized spacial score (nSPS) is 15.1. The van der Waals surface area contributed by atoms with Crippen LogP contribution in [0.1, 0.15) is 55.4 Å². The van der Waals surface area contributed by atoms with Gasteiger partial charge in [-0.15, -0.1) is 0 Å². The summed E-state index contributed by atoms with van der Waals surface area (Å²) in [5.74, 6) is 4.30. The van der Waals surface area contributed by atoms with Gasteiger partial charge in [-0.25, -0.2) is 0 Å². The zero-order valence-electron chi connectivity index (χ0n) is 14.1. The van der Waals surface area contributed by atoms with Crippen molar-refractivity contribution in [2.45, 2.75) is 79.6 Å². The van der Waals surface area contributed by atoms with Crippen molar-refractivity contribution in [3.05, 3.63) is 0 Å². The minimum absolute atomic E-state index is 0.363. The molecule has 0 aliphatic heterocycles. The molecular weight excluding hydrogens is 286 g/mol. The molecule has 6 heteroatoms. The molecule has 0 spiro atoms. The van der Waals surface area contributed by atoms with Gasteiger partial charge in [-0.1, -0.05) is 0 Å². The van der Waals surface area contributed by atoms with Crippen LogP contribution in [0.4, 0.5) is 0 Å². The number of hydrogen-bond acceptors (Lipinski definition) is 4. The molecule has 0 N–H and O–H groups in total. The van der Waals surface area contributed by atoms with Gasteiger partial charge < -0.3 is 0 Å². The third kappa shape index (κ3) is 6.59. The summed E-state index contributed by atoms with van der Waals surface area (Å²) in [6.07, 6.45) is 0. The summed E-state index contributed by atoms with van der Waals surface area (Å²) in [6.45, 7) is 17.3. The summed E-state index contributed by atoms with van der Waals surface area (Å²) >= 11 is 0. The second kappa shape index (κ2) is 9.80. The van der Waals surface area contributed by atoms with Gasteiger partial charge >= 0.3 is 0 Å². The van der Waals surface area contributed by atoms with Gasteiger partial charge in [-0.3, -0.25) is 14.1 Å². The molecule has 0 fully saturated rings. The Bertz CT molecular complexity index is 319. The van der Waals surface area contributed by atoms with E-state index in [2.05, 4.69) is 75.3 Å². The second-order valence-corrected chi connectivity index (χ2v) is 8.51. The largest absolute Gasteiger partial charge is 0.261 e. The minimum atomic E-state index is -0.942. The predicted octanol–water partition coefficient (Wildman–Crippen LogP) is 4.64. The van der Waals surface area contributed by atoms with Crippen LogP contribution in [0.25, 0.3) is 0 Å². The smallest absolute Gasteiger partial charge is 0.119 e. The van der Waals surface area contributed by atoms with Crippen LogP contribution in [-0.4, -0.2) is 39.5 Å². The molecule has 2 atom stereocenters. The van der Waals surface area contributed by atoms with E-state index in [1.165, 1.54) is 0 Å². The highest BCUT2D eigenvalue weighted by molar-refractivity contribution is 7.75. The summed E-state index contributed by atoms with van der Waals surface area (Å²) in [5, 5.41) is 9.41. The third-order valence-electron chi connectivity index (χ3n) is 2.86. The fourth-order valence-corrected chi connectivity index (χ4v) is 4.71. The summed E-state index contributed by atoms with van der Waals surface area (Å²) in [7, 11) is -0.542. The summed E-state index contributed by atoms with van der Waals surface area (Å²) in [6, 6.07) is 1.68. The Morgan fingerprint density at radius 1 is 0.950 bits per heavy atom. The molecule has 0 saturated heterocycles. The molecule has 4 nitrogen and oxygen atoms in total. The molecule has 0 aliphatic rings. The number of nitriles is 1. The topological polar surface area (TPSA) is 42.6 Å². The molecule has 116 valence electrons. The van der Waals surface area contributed by atoms with E-state index >= 15 is 0 Å². The lowest BCUT2D eigenvalue weighted by Crippen LogP contribution is -2.32. The third-order valence-corrected chi connectivity index (χ3v) is 6.55. The maximum Gasteiger partial charge on any atom is 0.119 e. The molecule has 0 aromatic carbocycles. The van der Waals surface area contributed by atoms with Crippen molar-refractivity contribution >= 4 is 22.9 Å². The van der Waals surface area contributed by atoms with E-state index in [1.54, 1.807) is 0 Å². The number of nitrogens with zero attached hydrogens (tertiary/aromatic N) is 4. The molecule has 0 aromatic heterocycles.